The van der Waals surface area contributed by atoms with E-state index in [2.05, 4.69) is 11.2 Å². The largest absolute Gasteiger partial charge is 0.745 e. The van der Waals surface area contributed by atoms with E-state index in [1.54, 1.807) is 0 Å². The van der Waals surface area contributed by atoms with Gasteiger partial charge in [-0.05, 0) is 6.42 Å². The molecule has 0 heterocycles. The molecule has 8 heteroatoms. The van der Waals surface area contributed by atoms with Crippen molar-refractivity contribution in [1.82, 2.24) is 0 Å². The fourth-order valence-electron chi connectivity index (χ4n) is 1.84. The van der Waals surface area contributed by atoms with Crippen molar-refractivity contribution in [3.05, 3.63) is 0 Å². The Hall–Kier alpha value is 0.0400. The summed E-state index contributed by atoms with van der Waals surface area (Å²) in [7, 11) is -5.85. The summed E-state index contributed by atoms with van der Waals surface area (Å²) in [6.45, 7) is 2.64. The zero-order valence-corrected chi connectivity index (χ0v) is 14.7. The van der Waals surface area contributed by atoms with E-state index in [1.807, 2.05) is 0 Å². The molecule has 0 amide bonds. The summed E-state index contributed by atoms with van der Waals surface area (Å²) in [6.07, 6.45) is 14.8. The Morgan fingerprint density at radius 2 is 1.05 bits per heavy atom. The van der Waals surface area contributed by atoms with Crippen LogP contribution in [0.4, 0.5) is 0 Å². The maximum Gasteiger partial charge on any atom is 0.745 e. The average Bonchev–Trinajstić information content (AvgIpc) is 2.40. The van der Waals surface area contributed by atoms with E-state index in [9.17, 15) is 9.13 Å². The Kier molecular flexibility index (Phi) is 22.2. The molecule has 0 spiro atoms. The van der Waals surface area contributed by atoms with E-state index in [0.717, 1.165) is 6.42 Å². The molecule has 0 radical (unpaired) electrons. The van der Waals surface area contributed by atoms with E-state index >= 15 is 0 Å². The number of hydrogen-bond acceptors (Lipinski definition) is 4. The van der Waals surface area contributed by atoms with Gasteiger partial charge < -0.3 is 5.11 Å². The van der Waals surface area contributed by atoms with Crippen LogP contribution in [-0.2, 0) is 13.4 Å². The molecule has 2 unspecified atom stereocenters. The van der Waals surface area contributed by atoms with Crippen LogP contribution in [-0.4, -0.2) is 21.5 Å². The molecule has 3 N–H and O–H groups in total. The number of rotatable bonds is 13. The van der Waals surface area contributed by atoms with Crippen molar-refractivity contribution in [3.8, 4) is 0 Å². The van der Waals surface area contributed by atoms with Crippen molar-refractivity contribution >= 4 is 16.5 Å². The highest BCUT2D eigenvalue weighted by molar-refractivity contribution is 7.46. The second-order valence-electron chi connectivity index (χ2n) is 4.82. The minimum atomic E-state index is -2.92. The molecule has 0 saturated carbocycles. The van der Waals surface area contributed by atoms with Gasteiger partial charge in [-0.3, -0.25) is 0 Å². The van der Waals surface area contributed by atoms with Gasteiger partial charge in [0.25, 0.3) is 0 Å². The van der Waals surface area contributed by atoms with Crippen molar-refractivity contribution in [2.24, 2.45) is 0 Å². The van der Waals surface area contributed by atoms with Crippen LogP contribution >= 0.6 is 16.5 Å². The molecular formula is C13H30O6P2+2. The number of aliphatic hydroxyl groups is 1. The van der Waals surface area contributed by atoms with Gasteiger partial charge in [0.1, 0.15) is 0 Å². The topological polar surface area (TPSA) is 104 Å². The highest BCUT2D eigenvalue weighted by Gasteiger charge is 2.31. The lowest BCUT2D eigenvalue weighted by atomic mass is 10.1. The second kappa shape index (κ2) is 20.0. The summed E-state index contributed by atoms with van der Waals surface area (Å²) in [5.74, 6) is 0. The third kappa shape index (κ3) is 28.8. The first-order valence-corrected chi connectivity index (χ1v) is 9.91. The van der Waals surface area contributed by atoms with Gasteiger partial charge in [0, 0.05) is 15.7 Å². The molecule has 0 aliphatic heterocycles. The van der Waals surface area contributed by atoms with Crippen LogP contribution < -0.4 is 0 Å². The van der Waals surface area contributed by atoms with E-state index in [4.69, 9.17) is 14.9 Å². The fourth-order valence-corrected chi connectivity index (χ4v) is 2.31. The quantitative estimate of drug-likeness (QED) is 0.333. The molecule has 0 fully saturated rings. The molecule has 6 nitrogen and oxygen atoms in total. The number of hydrogen-bond donors (Lipinski definition) is 3. The van der Waals surface area contributed by atoms with Crippen LogP contribution in [0.3, 0.4) is 0 Å². The first-order valence-electron chi connectivity index (χ1n) is 7.65. The Morgan fingerprint density at radius 1 is 0.714 bits per heavy atom. The SMILES string of the molecule is CCCCCCCCCCCCCO.O=[P+](O)O[P+](=O)O. The highest BCUT2D eigenvalue weighted by atomic mass is 31.2. The summed E-state index contributed by atoms with van der Waals surface area (Å²) >= 11 is 0. The monoisotopic (exact) mass is 344 g/mol. The molecule has 0 aromatic rings. The van der Waals surface area contributed by atoms with Crippen LogP contribution in [0.2, 0.25) is 0 Å². The third-order valence-corrected chi connectivity index (χ3v) is 4.02. The van der Waals surface area contributed by atoms with Crippen LogP contribution in [0.25, 0.3) is 0 Å². The van der Waals surface area contributed by atoms with Gasteiger partial charge in [-0.1, -0.05) is 71.1 Å². The fraction of sp³-hybridized carbons (Fsp3) is 1.00. The zero-order chi connectivity index (χ0) is 16.3. The maximum absolute atomic E-state index is 9.39. The Labute approximate surface area is 129 Å². The minimum absolute atomic E-state index is 0.372. The molecule has 0 aliphatic rings. The van der Waals surface area contributed by atoms with Crippen molar-refractivity contribution in [1.29, 1.82) is 0 Å². The molecule has 0 aliphatic carbocycles. The van der Waals surface area contributed by atoms with Gasteiger partial charge >= 0.3 is 16.5 Å². The van der Waals surface area contributed by atoms with E-state index < -0.39 is 16.5 Å². The van der Waals surface area contributed by atoms with Crippen molar-refractivity contribution in [2.75, 3.05) is 6.61 Å². The molecular weight excluding hydrogens is 314 g/mol. The molecule has 21 heavy (non-hydrogen) atoms. The van der Waals surface area contributed by atoms with Gasteiger partial charge in [-0.15, -0.1) is 9.79 Å². The van der Waals surface area contributed by atoms with Gasteiger partial charge in [0.2, 0.25) is 0 Å². The molecule has 0 aromatic carbocycles. The lowest BCUT2D eigenvalue weighted by Crippen LogP contribution is -1.84. The van der Waals surface area contributed by atoms with Crippen molar-refractivity contribution in [2.45, 2.75) is 77.6 Å². The lowest BCUT2D eigenvalue weighted by molar-refractivity contribution is 0.282. The van der Waals surface area contributed by atoms with Gasteiger partial charge in [0.05, 0.1) is 0 Å². The summed E-state index contributed by atoms with van der Waals surface area (Å²) in [5.41, 5.74) is 0. The van der Waals surface area contributed by atoms with Gasteiger partial charge in [-0.2, -0.15) is 0 Å². The summed E-state index contributed by atoms with van der Waals surface area (Å²) in [4.78, 5) is 15.3. The van der Waals surface area contributed by atoms with Crippen LogP contribution in [0.15, 0.2) is 0 Å². The summed E-state index contributed by atoms with van der Waals surface area (Å²) in [5, 5.41) is 8.59. The predicted octanol–water partition coefficient (Wildman–Crippen LogP) is 4.59. The molecule has 0 aromatic heterocycles. The molecule has 0 rings (SSSR count). The molecule has 2 atom stereocenters. The van der Waals surface area contributed by atoms with Crippen molar-refractivity contribution < 1.29 is 28.3 Å². The van der Waals surface area contributed by atoms with Gasteiger partial charge in [-0.25, -0.2) is 0 Å². The van der Waals surface area contributed by atoms with Crippen LogP contribution in [0.1, 0.15) is 77.6 Å². The lowest BCUT2D eigenvalue weighted by Gasteiger charge is -2.01. The summed E-state index contributed by atoms with van der Waals surface area (Å²) in [6, 6.07) is 0. The second-order valence-corrected chi connectivity index (χ2v) is 6.42. The standard InChI is InChI=1S/C13H28O.O5P2/c1-2-3-4-5-6-7-8-9-10-11-12-13-14;1-6(2)5-7(3)4/h14H,2-13H2,1H3;/p+2. The Bertz CT molecular complexity index is 227. The van der Waals surface area contributed by atoms with E-state index in [-0.39, 0.29) is 0 Å². The van der Waals surface area contributed by atoms with E-state index in [0.29, 0.717) is 6.61 Å². The minimum Gasteiger partial charge on any atom is -0.396 e. The third-order valence-electron chi connectivity index (χ3n) is 2.90. The Morgan fingerprint density at radius 3 is 1.29 bits per heavy atom. The van der Waals surface area contributed by atoms with E-state index in [1.165, 1.54) is 64.2 Å². The molecule has 0 saturated heterocycles. The molecule has 126 valence electrons. The number of aliphatic hydroxyl groups excluding tert-OH is 1. The normalized spacial score (nSPS) is 11.6. The number of unbranched alkanes of at least 4 members (excludes halogenated alkanes) is 10. The van der Waals surface area contributed by atoms with Crippen LogP contribution in [0, 0.1) is 0 Å². The maximum atomic E-state index is 9.39. The zero-order valence-electron chi connectivity index (χ0n) is 12.9. The summed E-state index contributed by atoms with van der Waals surface area (Å²) < 4.78 is 22.2. The highest BCUT2D eigenvalue weighted by Crippen LogP contribution is 2.30. The first kappa shape index (κ1) is 23.3. The predicted molar refractivity (Wildman–Crippen MR) is 84.3 cm³/mol. The van der Waals surface area contributed by atoms with Crippen LogP contribution in [0.5, 0.6) is 0 Å². The Balaban J connectivity index is 0. The van der Waals surface area contributed by atoms with Gasteiger partial charge in [0.15, 0.2) is 4.31 Å². The smallest absolute Gasteiger partial charge is 0.396 e. The molecule has 0 bridgehead atoms. The average molecular weight is 344 g/mol. The van der Waals surface area contributed by atoms with Crippen molar-refractivity contribution in [3.63, 3.8) is 0 Å². The first-order chi connectivity index (χ1) is 10.0.